The summed E-state index contributed by atoms with van der Waals surface area (Å²) in [6.07, 6.45) is 2.73. The number of rotatable bonds is 6. The van der Waals surface area contributed by atoms with Gasteiger partial charge in [0.05, 0.1) is 22.7 Å². The molecule has 3 aliphatic rings. The van der Waals surface area contributed by atoms with E-state index in [0.29, 0.717) is 23.8 Å². The lowest BCUT2D eigenvalue weighted by Crippen LogP contribution is -2.65. The zero-order valence-corrected chi connectivity index (χ0v) is 21.5. The molecule has 0 bridgehead atoms. The Morgan fingerprint density at radius 1 is 1.14 bits per heavy atom. The minimum atomic E-state index is -1.24. The molecule has 0 aromatic heterocycles. The third-order valence-corrected chi connectivity index (χ3v) is 8.32. The van der Waals surface area contributed by atoms with Gasteiger partial charge in [-0.2, -0.15) is 0 Å². The van der Waals surface area contributed by atoms with Gasteiger partial charge in [-0.25, -0.2) is 9.59 Å². The normalized spacial score (nSPS) is 25.2. The molecule has 10 nitrogen and oxygen atoms in total. The molecule has 3 N–H and O–H groups in total. The lowest BCUT2D eigenvalue weighted by molar-refractivity contribution is -0.157. The molecule has 2 heterocycles. The number of aliphatic hydroxyl groups excluding tert-OH is 1. The Bertz CT molecular complexity index is 1070. The predicted molar refractivity (Wildman–Crippen MR) is 133 cm³/mol. The Kier molecular flexibility index (Phi) is 7.68. The van der Waals surface area contributed by atoms with Gasteiger partial charge in [-0.05, 0) is 56.2 Å². The minimum absolute atomic E-state index is 0.000165. The first kappa shape index (κ1) is 26.5. The lowest BCUT2D eigenvalue weighted by Gasteiger charge is -2.42. The Balaban J connectivity index is 1.34. The number of β-amino-alcohol motifs (C(OH)–C–C–N with tert-alkyl or cyclic N) is 1. The molecule has 1 saturated carbocycles. The van der Waals surface area contributed by atoms with Gasteiger partial charge in [-0.3, -0.25) is 9.59 Å². The number of aliphatic carboxylic acids is 1. The SMILES string of the molecule is CC1C(=O)N(CCCC(=O)N2CCC3(CC3)[C@H](O)C2)[C@H](C(=O)O)CN1C(=O)Nc1ccc(Cl)c(Cl)c1. The van der Waals surface area contributed by atoms with E-state index in [9.17, 15) is 29.4 Å². The highest BCUT2D eigenvalue weighted by Crippen LogP contribution is 2.53. The maximum absolute atomic E-state index is 13.1. The van der Waals surface area contributed by atoms with Gasteiger partial charge in [-0.1, -0.05) is 23.2 Å². The van der Waals surface area contributed by atoms with E-state index in [-0.39, 0.29) is 42.3 Å². The number of carbonyl (C=O) groups excluding carboxylic acids is 3. The van der Waals surface area contributed by atoms with Crippen LogP contribution in [-0.2, 0) is 14.4 Å². The summed E-state index contributed by atoms with van der Waals surface area (Å²) in [5.74, 6) is -1.85. The van der Waals surface area contributed by atoms with E-state index in [2.05, 4.69) is 5.32 Å². The molecular formula is C24H30Cl2N4O6. The number of halogens is 2. The number of anilines is 1. The number of aliphatic hydroxyl groups is 1. The molecule has 3 fully saturated rings. The van der Waals surface area contributed by atoms with E-state index in [1.165, 1.54) is 28.9 Å². The van der Waals surface area contributed by atoms with E-state index in [4.69, 9.17) is 23.2 Å². The monoisotopic (exact) mass is 540 g/mol. The zero-order chi connectivity index (χ0) is 26.2. The van der Waals surface area contributed by atoms with Crippen LogP contribution in [0.25, 0.3) is 0 Å². The minimum Gasteiger partial charge on any atom is -0.480 e. The van der Waals surface area contributed by atoms with Gasteiger partial charge in [0.1, 0.15) is 12.1 Å². The van der Waals surface area contributed by atoms with Crippen LogP contribution in [0.2, 0.25) is 10.0 Å². The van der Waals surface area contributed by atoms with Crippen molar-refractivity contribution in [3.8, 4) is 0 Å². The first-order chi connectivity index (χ1) is 17.0. The summed E-state index contributed by atoms with van der Waals surface area (Å²) >= 11 is 11.9. The quantitative estimate of drug-likeness (QED) is 0.508. The second kappa shape index (κ2) is 10.4. The van der Waals surface area contributed by atoms with Crippen LogP contribution in [-0.4, -0.2) is 93.1 Å². The van der Waals surface area contributed by atoms with Crippen LogP contribution >= 0.6 is 23.2 Å². The van der Waals surface area contributed by atoms with Gasteiger partial charge in [0, 0.05) is 31.7 Å². The molecule has 1 aromatic carbocycles. The van der Waals surface area contributed by atoms with Crippen LogP contribution in [0.15, 0.2) is 18.2 Å². The van der Waals surface area contributed by atoms with Gasteiger partial charge in [0.15, 0.2) is 0 Å². The number of hydrogen-bond donors (Lipinski definition) is 3. The third kappa shape index (κ3) is 5.40. The molecule has 4 amide bonds. The van der Waals surface area contributed by atoms with Crippen LogP contribution in [0.1, 0.15) is 39.0 Å². The Morgan fingerprint density at radius 2 is 1.86 bits per heavy atom. The summed E-state index contributed by atoms with van der Waals surface area (Å²) < 4.78 is 0. The first-order valence-corrected chi connectivity index (χ1v) is 12.8. The predicted octanol–water partition coefficient (Wildman–Crippen LogP) is 2.66. The smallest absolute Gasteiger partial charge is 0.328 e. The number of urea groups is 1. The van der Waals surface area contributed by atoms with Crippen LogP contribution in [0.3, 0.4) is 0 Å². The van der Waals surface area contributed by atoms with Gasteiger partial charge in [0.2, 0.25) is 11.8 Å². The lowest BCUT2D eigenvalue weighted by atomic mass is 9.90. The summed E-state index contributed by atoms with van der Waals surface area (Å²) in [6.45, 7) is 2.34. The second-order valence-electron chi connectivity index (χ2n) is 9.84. The standard InChI is InChI=1S/C24H30Cl2N4O6/c1-14-21(33)29(9-2-3-20(32)28-10-8-24(6-7-24)19(31)13-28)18(22(34)35)12-30(14)23(36)27-15-4-5-16(25)17(26)11-15/h4-5,11,14,18-19,31H,2-3,6-10,12-13H2,1H3,(H,27,36)(H,34,35)/t14?,18-,19+/m0/s1. The number of carboxylic acids is 1. The van der Waals surface area contributed by atoms with Crippen molar-refractivity contribution in [3.05, 3.63) is 28.2 Å². The molecule has 2 aliphatic heterocycles. The third-order valence-electron chi connectivity index (χ3n) is 7.59. The van der Waals surface area contributed by atoms with Crippen molar-refractivity contribution < 1.29 is 29.4 Å². The molecule has 196 valence electrons. The molecule has 1 unspecified atom stereocenters. The summed E-state index contributed by atoms with van der Waals surface area (Å²) in [6, 6.07) is 1.75. The maximum Gasteiger partial charge on any atom is 0.328 e. The van der Waals surface area contributed by atoms with Crippen molar-refractivity contribution in [2.45, 2.75) is 57.2 Å². The molecule has 1 spiro atoms. The van der Waals surface area contributed by atoms with Crippen LogP contribution in [0.5, 0.6) is 0 Å². The number of nitrogens with zero attached hydrogens (tertiary/aromatic N) is 3. The molecule has 1 aliphatic carbocycles. The highest BCUT2D eigenvalue weighted by atomic mass is 35.5. The fraction of sp³-hybridized carbons (Fsp3) is 0.583. The number of carbonyl (C=O) groups is 4. The molecule has 0 radical (unpaired) electrons. The van der Waals surface area contributed by atoms with Gasteiger partial charge in [-0.15, -0.1) is 0 Å². The zero-order valence-electron chi connectivity index (χ0n) is 20.0. The average Bonchev–Trinajstić information content (AvgIpc) is 3.61. The second-order valence-corrected chi connectivity index (χ2v) is 10.7. The maximum atomic E-state index is 13.1. The summed E-state index contributed by atoms with van der Waals surface area (Å²) in [7, 11) is 0. The molecule has 4 rings (SSSR count). The van der Waals surface area contributed by atoms with E-state index in [1.807, 2.05) is 0 Å². The van der Waals surface area contributed by atoms with Crippen LogP contribution in [0.4, 0.5) is 10.5 Å². The van der Waals surface area contributed by atoms with Gasteiger partial charge < -0.3 is 30.2 Å². The fourth-order valence-electron chi connectivity index (χ4n) is 5.02. The van der Waals surface area contributed by atoms with Gasteiger partial charge in [0.25, 0.3) is 0 Å². The van der Waals surface area contributed by atoms with E-state index < -0.39 is 36.1 Å². The van der Waals surface area contributed by atoms with Crippen molar-refractivity contribution in [2.75, 3.05) is 31.5 Å². The Labute approximate surface area is 219 Å². The van der Waals surface area contributed by atoms with Crippen LogP contribution in [0, 0.1) is 5.41 Å². The molecule has 3 atom stereocenters. The van der Waals surface area contributed by atoms with E-state index in [1.54, 1.807) is 11.0 Å². The molecule has 1 aromatic rings. The topological polar surface area (TPSA) is 130 Å². The molecule has 12 heteroatoms. The molecule has 36 heavy (non-hydrogen) atoms. The molecular weight excluding hydrogens is 511 g/mol. The van der Waals surface area contributed by atoms with Gasteiger partial charge >= 0.3 is 12.0 Å². The highest BCUT2D eigenvalue weighted by molar-refractivity contribution is 6.42. The Morgan fingerprint density at radius 3 is 2.47 bits per heavy atom. The average molecular weight is 541 g/mol. The number of nitrogens with one attached hydrogen (secondary N) is 1. The number of piperazine rings is 1. The van der Waals surface area contributed by atoms with Crippen molar-refractivity contribution >= 4 is 52.7 Å². The number of piperidine rings is 1. The number of hydrogen-bond acceptors (Lipinski definition) is 5. The van der Waals surface area contributed by atoms with Crippen LogP contribution < -0.4 is 5.32 Å². The summed E-state index contributed by atoms with van der Waals surface area (Å²) in [5.41, 5.74) is 0.358. The first-order valence-electron chi connectivity index (χ1n) is 12.0. The fourth-order valence-corrected chi connectivity index (χ4v) is 5.32. The van der Waals surface area contributed by atoms with Crippen molar-refractivity contribution in [3.63, 3.8) is 0 Å². The number of amides is 4. The summed E-state index contributed by atoms with van der Waals surface area (Å²) in [5, 5.41) is 23.3. The van der Waals surface area contributed by atoms with Crippen molar-refractivity contribution in [1.82, 2.24) is 14.7 Å². The summed E-state index contributed by atoms with van der Waals surface area (Å²) in [4.78, 5) is 54.6. The largest absolute Gasteiger partial charge is 0.480 e. The number of likely N-dealkylation sites (tertiary alicyclic amines) is 1. The molecule has 2 saturated heterocycles. The van der Waals surface area contributed by atoms with Crippen molar-refractivity contribution in [2.24, 2.45) is 5.41 Å². The van der Waals surface area contributed by atoms with Crippen molar-refractivity contribution in [1.29, 1.82) is 0 Å². The van der Waals surface area contributed by atoms with E-state index >= 15 is 0 Å². The number of benzene rings is 1. The highest BCUT2D eigenvalue weighted by Gasteiger charge is 2.51. The van der Waals surface area contributed by atoms with E-state index in [0.717, 1.165) is 19.3 Å². The Hall–Kier alpha value is -2.56. The number of carboxylic acid groups (broad SMARTS) is 1.